The van der Waals surface area contributed by atoms with Crippen LogP contribution in [-0.2, 0) is 14.2 Å². The van der Waals surface area contributed by atoms with E-state index in [1.807, 2.05) is 20.8 Å². The fourth-order valence-corrected chi connectivity index (χ4v) is 6.89. The van der Waals surface area contributed by atoms with Gasteiger partial charge in [-0.25, -0.2) is 28.7 Å². The number of halogens is 2. The van der Waals surface area contributed by atoms with Gasteiger partial charge in [0.1, 0.15) is 41.2 Å². The number of fused-ring (bicyclic) bond motifs is 2. The minimum Gasteiger partial charge on any atom is -0.474 e. The van der Waals surface area contributed by atoms with Crippen LogP contribution in [0.4, 0.5) is 30.3 Å². The molecule has 4 heterocycles. The van der Waals surface area contributed by atoms with Crippen LogP contribution < -0.4 is 15.0 Å². The second-order valence-electron chi connectivity index (χ2n) is 15.0. The highest BCUT2D eigenvalue weighted by Crippen LogP contribution is 2.50. The molecule has 1 saturated heterocycles. The molecule has 1 spiro atoms. The van der Waals surface area contributed by atoms with Crippen LogP contribution in [0, 0.1) is 18.2 Å². The number of anilines is 2. The van der Waals surface area contributed by atoms with Gasteiger partial charge in [-0.3, -0.25) is 10.2 Å². The highest BCUT2D eigenvalue weighted by Gasteiger charge is 2.51. The van der Waals surface area contributed by atoms with Crippen molar-refractivity contribution in [2.24, 2.45) is 5.41 Å². The highest BCUT2D eigenvalue weighted by atomic mass is 35.5. The quantitative estimate of drug-likeness (QED) is 0.272. The maximum atomic E-state index is 15.8. The molecule has 0 bridgehead atoms. The second kappa shape index (κ2) is 12.5. The summed E-state index contributed by atoms with van der Waals surface area (Å²) >= 11 is 6.51. The van der Waals surface area contributed by atoms with E-state index in [9.17, 15) is 14.4 Å². The molecular formula is C35H41ClFN5O7. The minimum absolute atomic E-state index is 0.0833. The molecule has 1 aromatic carbocycles. The van der Waals surface area contributed by atoms with Gasteiger partial charge in [-0.15, -0.1) is 0 Å². The maximum absolute atomic E-state index is 15.8. The molecule has 1 saturated carbocycles. The molecule has 49 heavy (non-hydrogen) atoms. The van der Waals surface area contributed by atoms with E-state index in [1.54, 1.807) is 44.7 Å². The largest absolute Gasteiger partial charge is 0.474 e. The number of aromatic nitrogens is 2. The molecule has 3 aromatic rings. The van der Waals surface area contributed by atoms with Gasteiger partial charge in [-0.1, -0.05) is 11.6 Å². The van der Waals surface area contributed by atoms with Crippen LogP contribution in [0.3, 0.4) is 0 Å². The number of pyridine rings is 2. The molecular weight excluding hydrogens is 657 g/mol. The number of carbonyl (C=O) groups excluding carboxylic acids is 3. The fourth-order valence-electron chi connectivity index (χ4n) is 6.63. The number of hydrogen-bond donors (Lipinski definition) is 1. The molecule has 2 fully saturated rings. The first kappa shape index (κ1) is 34.5. The Kier molecular flexibility index (Phi) is 8.79. The van der Waals surface area contributed by atoms with Gasteiger partial charge in [0.2, 0.25) is 5.88 Å². The number of nitrogens with one attached hydrogen (secondary N) is 1. The normalized spacial score (nSPS) is 20.4. The summed E-state index contributed by atoms with van der Waals surface area (Å²) in [6, 6.07) is 3.18. The van der Waals surface area contributed by atoms with Crippen molar-refractivity contribution in [3.63, 3.8) is 0 Å². The molecule has 14 heteroatoms. The van der Waals surface area contributed by atoms with E-state index in [4.69, 9.17) is 30.5 Å². The van der Waals surface area contributed by atoms with Crippen molar-refractivity contribution in [2.75, 3.05) is 36.5 Å². The van der Waals surface area contributed by atoms with E-state index in [0.29, 0.717) is 53.5 Å². The number of amides is 3. The average molecular weight is 698 g/mol. The van der Waals surface area contributed by atoms with Crippen molar-refractivity contribution in [3.8, 4) is 17.0 Å². The predicted molar refractivity (Wildman–Crippen MR) is 182 cm³/mol. The van der Waals surface area contributed by atoms with Crippen LogP contribution >= 0.6 is 11.6 Å². The molecule has 0 radical (unpaired) electrons. The van der Waals surface area contributed by atoms with Gasteiger partial charge in [-0.2, -0.15) is 0 Å². The fraction of sp³-hybridized carbons (Fsp3) is 0.514. The summed E-state index contributed by atoms with van der Waals surface area (Å²) in [6.07, 6.45) is 3.13. The topological polar surface area (TPSA) is 132 Å². The smallest absolute Gasteiger partial charge is 0.415 e. The average Bonchev–Trinajstić information content (AvgIpc) is 3.43. The summed E-state index contributed by atoms with van der Waals surface area (Å²) in [4.78, 5) is 50.2. The van der Waals surface area contributed by atoms with Crippen LogP contribution in [0.1, 0.15) is 66.4 Å². The lowest BCUT2D eigenvalue weighted by Gasteiger charge is -2.44. The van der Waals surface area contributed by atoms with Crippen LogP contribution in [-0.4, -0.2) is 76.7 Å². The van der Waals surface area contributed by atoms with Gasteiger partial charge in [0.25, 0.3) is 0 Å². The van der Waals surface area contributed by atoms with Crippen LogP contribution in [0.2, 0.25) is 5.02 Å². The molecule has 262 valence electrons. The number of likely N-dealkylation sites (tertiary alicyclic amines) is 1. The molecule has 2 aromatic heterocycles. The predicted octanol–water partition coefficient (Wildman–Crippen LogP) is 7.87. The molecule has 6 rings (SSSR count). The zero-order valence-corrected chi connectivity index (χ0v) is 29.5. The van der Waals surface area contributed by atoms with E-state index in [0.717, 1.165) is 6.42 Å². The molecule has 2 aliphatic heterocycles. The Morgan fingerprint density at radius 3 is 2.39 bits per heavy atom. The van der Waals surface area contributed by atoms with E-state index >= 15 is 4.39 Å². The van der Waals surface area contributed by atoms with Gasteiger partial charge >= 0.3 is 18.3 Å². The van der Waals surface area contributed by atoms with Crippen LogP contribution in [0.5, 0.6) is 5.88 Å². The summed E-state index contributed by atoms with van der Waals surface area (Å²) in [5.41, 5.74) is 0.125. The monoisotopic (exact) mass is 697 g/mol. The van der Waals surface area contributed by atoms with Crippen molar-refractivity contribution >= 4 is 52.2 Å². The van der Waals surface area contributed by atoms with Crippen molar-refractivity contribution in [1.29, 1.82) is 0 Å². The lowest BCUT2D eigenvalue weighted by Crippen LogP contribution is -2.46. The number of rotatable bonds is 3. The first-order valence-electron chi connectivity index (χ1n) is 16.3. The molecule has 1 N–H and O–H groups in total. The third-order valence-electron chi connectivity index (χ3n) is 8.82. The molecule has 1 aliphatic carbocycles. The summed E-state index contributed by atoms with van der Waals surface area (Å²) in [5.74, 6) is -0.245. The Balaban J connectivity index is 1.17. The zero-order chi connectivity index (χ0) is 35.5. The van der Waals surface area contributed by atoms with Crippen molar-refractivity contribution in [3.05, 3.63) is 40.9 Å². The van der Waals surface area contributed by atoms with Crippen LogP contribution in [0.25, 0.3) is 21.9 Å². The van der Waals surface area contributed by atoms with Gasteiger partial charge in [0.05, 0.1) is 11.6 Å². The third-order valence-corrected chi connectivity index (χ3v) is 9.19. The minimum atomic E-state index is -0.722. The number of ether oxygens (including phenoxy) is 4. The summed E-state index contributed by atoms with van der Waals surface area (Å²) in [6.45, 7) is 14.2. The lowest BCUT2D eigenvalue weighted by molar-refractivity contribution is -0.0342. The molecule has 0 atom stereocenters. The van der Waals surface area contributed by atoms with Crippen molar-refractivity contribution in [1.82, 2.24) is 14.9 Å². The first-order chi connectivity index (χ1) is 22.9. The Labute approximate surface area is 289 Å². The zero-order valence-electron chi connectivity index (χ0n) is 28.7. The summed E-state index contributed by atoms with van der Waals surface area (Å²) in [5, 5.41) is 3.38. The lowest BCUT2D eigenvalue weighted by atomic mass is 9.66. The molecule has 3 amide bonds. The van der Waals surface area contributed by atoms with Gasteiger partial charge in [-0.05, 0) is 96.2 Å². The Hall–Kier alpha value is -4.39. The summed E-state index contributed by atoms with van der Waals surface area (Å²) in [7, 11) is 0. The van der Waals surface area contributed by atoms with E-state index < -0.39 is 29.2 Å². The Morgan fingerprint density at radius 2 is 1.69 bits per heavy atom. The van der Waals surface area contributed by atoms with Gasteiger partial charge in [0.15, 0.2) is 0 Å². The van der Waals surface area contributed by atoms with E-state index in [2.05, 4.69) is 15.3 Å². The summed E-state index contributed by atoms with van der Waals surface area (Å²) < 4.78 is 38.3. The van der Waals surface area contributed by atoms with Gasteiger partial charge in [0, 0.05) is 42.0 Å². The number of benzene rings is 1. The standard InChI is InChI=1S/C35H41ClFN5O7/c1-19-23(16-39-29-28(19)42(10-11-46-29)32(45)49-34(5,6)7)22-12-20-13-25(38-17-24(20)26(36)27(22)37)40-30(43)47-21-14-35(15-21)8-9-41(18-35)31(44)48-33(2,3)4/h12-13,16-17,21H,8-11,14-15,18H2,1-7H3,(H,38,40,43). The van der Waals surface area contributed by atoms with E-state index in [1.165, 1.54) is 17.3 Å². The maximum Gasteiger partial charge on any atom is 0.415 e. The number of nitrogens with zero attached hydrogens (tertiary/aromatic N) is 4. The molecule has 0 unspecified atom stereocenters. The number of hydrogen-bond acceptors (Lipinski definition) is 9. The third kappa shape index (κ3) is 7.17. The SMILES string of the molecule is Cc1c(-c2cc3cc(NC(=O)OC4CC5(CCN(C(=O)OC(C)(C)C)C5)C4)ncc3c(Cl)c2F)cnc2c1N(C(=O)OC(C)(C)C)CCO2. The van der Waals surface area contributed by atoms with E-state index in [-0.39, 0.29) is 53.0 Å². The van der Waals surface area contributed by atoms with Crippen molar-refractivity contribution < 1.29 is 37.7 Å². The Morgan fingerprint density at radius 1 is 1.00 bits per heavy atom. The van der Waals surface area contributed by atoms with Crippen molar-refractivity contribution in [2.45, 2.75) is 85.0 Å². The highest BCUT2D eigenvalue weighted by molar-refractivity contribution is 6.36. The first-order valence-corrected chi connectivity index (χ1v) is 16.7. The molecule has 3 aliphatic rings. The second-order valence-corrected chi connectivity index (χ2v) is 15.4. The Bertz CT molecular complexity index is 1830. The number of carbonyl (C=O) groups is 3. The van der Waals surface area contributed by atoms with Crippen LogP contribution in [0.15, 0.2) is 24.5 Å². The molecule has 12 nitrogen and oxygen atoms in total. The van der Waals surface area contributed by atoms with Gasteiger partial charge < -0.3 is 23.8 Å².